The van der Waals surface area contributed by atoms with Crippen molar-refractivity contribution in [1.29, 1.82) is 0 Å². The summed E-state index contributed by atoms with van der Waals surface area (Å²) in [6.45, 7) is 0. The third-order valence-electron chi connectivity index (χ3n) is 3.20. The molecule has 0 radical (unpaired) electrons. The van der Waals surface area contributed by atoms with E-state index >= 15 is 0 Å². The summed E-state index contributed by atoms with van der Waals surface area (Å²) in [5.74, 6) is -1.45. The standard InChI is InChI=1S/C16H17N3O3/c20-15(19-22)11-13(10-12-4-2-1-3-5-12)16(21)18-14-6-8-17-9-7-14/h1-9,13,22H,10-11H2,(H,19,20)(H,17,18,21). The number of anilines is 1. The van der Waals surface area contributed by atoms with Crippen LogP contribution < -0.4 is 10.8 Å². The Morgan fingerprint density at radius 1 is 1.09 bits per heavy atom. The minimum Gasteiger partial charge on any atom is -0.326 e. The molecule has 1 heterocycles. The van der Waals surface area contributed by atoms with Gasteiger partial charge in [-0.1, -0.05) is 30.3 Å². The molecule has 0 aliphatic heterocycles. The molecule has 0 aliphatic rings. The number of pyridine rings is 1. The van der Waals surface area contributed by atoms with E-state index in [-0.39, 0.29) is 12.3 Å². The van der Waals surface area contributed by atoms with Gasteiger partial charge in [-0.2, -0.15) is 0 Å². The van der Waals surface area contributed by atoms with Crippen molar-refractivity contribution in [3.8, 4) is 0 Å². The molecule has 2 rings (SSSR count). The first-order valence-corrected chi connectivity index (χ1v) is 6.87. The lowest BCUT2D eigenvalue weighted by Gasteiger charge is -2.16. The molecule has 0 spiro atoms. The summed E-state index contributed by atoms with van der Waals surface area (Å²) < 4.78 is 0. The maximum atomic E-state index is 12.4. The first-order valence-electron chi connectivity index (χ1n) is 6.87. The second-order valence-corrected chi connectivity index (χ2v) is 4.85. The Bertz CT molecular complexity index is 617. The van der Waals surface area contributed by atoms with Gasteiger partial charge < -0.3 is 5.32 Å². The molecule has 0 bridgehead atoms. The van der Waals surface area contributed by atoms with Gasteiger partial charge in [-0.05, 0) is 24.1 Å². The number of hydrogen-bond acceptors (Lipinski definition) is 4. The van der Waals surface area contributed by atoms with Gasteiger partial charge in [0.15, 0.2) is 0 Å². The number of hydroxylamine groups is 1. The highest BCUT2D eigenvalue weighted by Gasteiger charge is 2.22. The zero-order chi connectivity index (χ0) is 15.8. The van der Waals surface area contributed by atoms with Crippen LogP contribution in [0.15, 0.2) is 54.9 Å². The number of amides is 2. The Labute approximate surface area is 128 Å². The third kappa shape index (κ3) is 4.68. The lowest BCUT2D eigenvalue weighted by molar-refractivity contribution is -0.133. The lowest BCUT2D eigenvalue weighted by atomic mass is 9.95. The number of aromatic nitrogens is 1. The fourth-order valence-corrected chi connectivity index (χ4v) is 2.11. The van der Waals surface area contributed by atoms with Crippen LogP contribution in [0.4, 0.5) is 5.69 Å². The van der Waals surface area contributed by atoms with Gasteiger partial charge in [-0.3, -0.25) is 19.8 Å². The van der Waals surface area contributed by atoms with Gasteiger partial charge in [0.25, 0.3) is 0 Å². The van der Waals surface area contributed by atoms with Crippen LogP contribution in [0.5, 0.6) is 0 Å². The van der Waals surface area contributed by atoms with E-state index in [2.05, 4.69) is 10.3 Å². The zero-order valence-electron chi connectivity index (χ0n) is 11.9. The van der Waals surface area contributed by atoms with E-state index in [1.54, 1.807) is 30.0 Å². The molecule has 6 nitrogen and oxygen atoms in total. The number of nitrogens with zero attached hydrogens (tertiary/aromatic N) is 1. The largest absolute Gasteiger partial charge is 0.326 e. The highest BCUT2D eigenvalue weighted by atomic mass is 16.5. The van der Waals surface area contributed by atoms with Crippen molar-refractivity contribution >= 4 is 17.5 Å². The molecule has 114 valence electrons. The maximum absolute atomic E-state index is 12.4. The first kappa shape index (κ1) is 15.7. The van der Waals surface area contributed by atoms with E-state index in [1.807, 2.05) is 30.3 Å². The molecule has 3 N–H and O–H groups in total. The third-order valence-corrected chi connectivity index (χ3v) is 3.20. The van der Waals surface area contributed by atoms with E-state index in [4.69, 9.17) is 5.21 Å². The predicted molar refractivity (Wildman–Crippen MR) is 81.0 cm³/mol. The van der Waals surface area contributed by atoms with Crippen LogP contribution in [0.3, 0.4) is 0 Å². The maximum Gasteiger partial charge on any atom is 0.244 e. The lowest BCUT2D eigenvalue weighted by Crippen LogP contribution is -2.31. The van der Waals surface area contributed by atoms with Crippen LogP contribution in [0, 0.1) is 5.92 Å². The van der Waals surface area contributed by atoms with Crippen molar-refractivity contribution in [1.82, 2.24) is 10.5 Å². The molecular weight excluding hydrogens is 282 g/mol. The Kier molecular flexibility index (Phi) is 5.62. The number of benzene rings is 1. The van der Waals surface area contributed by atoms with Crippen molar-refractivity contribution < 1.29 is 14.8 Å². The number of rotatable bonds is 6. The molecule has 6 heteroatoms. The average molecular weight is 299 g/mol. The van der Waals surface area contributed by atoms with Crippen LogP contribution in [-0.2, 0) is 16.0 Å². The molecule has 0 saturated carbocycles. The minimum atomic E-state index is -0.592. The fourth-order valence-electron chi connectivity index (χ4n) is 2.11. The van der Waals surface area contributed by atoms with Gasteiger partial charge in [0, 0.05) is 24.5 Å². The van der Waals surface area contributed by atoms with Gasteiger partial charge in [0.1, 0.15) is 0 Å². The molecule has 0 aliphatic carbocycles. The first-order chi connectivity index (χ1) is 10.7. The zero-order valence-corrected chi connectivity index (χ0v) is 11.9. The highest BCUT2D eigenvalue weighted by Crippen LogP contribution is 2.15. The molecule has 0 fully saturated rings. The summed E-state index contributed by atoms with van der Waals surface area (Å²) in [7, 11) is 0. The molecule has 1 aromatic carbocycles. The molecule has 2 aromatic rings. The Hall–Kier alpha value is -2.73. The van der Waals surface area contributed by atoms with E-state index in [0.29, 0.717) is 12.1 Å². The van der Waals surface area contributed by atoms with Gasteiger partial charge in [-0.25, -0.2) is 5.48 Å². The molecule has 0 saturated heterocycles. The quantitative estimate of drug-likeness (QED) is 0.560. The molecule has 22 heavy (non-hydrogen) atoms. The van der Waals surface area contributed by atoms with Crippen LogP contribution >= 0.6 is 0 Å². The SMILES string of the molecule is O=C(CC(Cc1ccccc1)C(=O)Nc1ccncc1)NO. The predicted octanol–water partition coefficient (Wildman–Crippen LogP) is 1.77. The summed E-state index contributed by atoms with van der Waals surface area (Å²) in [4.78, 5) is 27.7. The van der Waals surface area contributed by atoms with Gasteiger partial charge >= 0.3 is 0 Å². The number of carbonyl (C=O) groups excluding carboxylic acids is 2. The van der Waals surface area contributed by atoms with Gasteiger partial charge in [-0.15, -0.1) is 0 Å². The normalized spacial score (nSPS) is 11.5. The minimum absolute atomic E-state index is 0.0949. The molecular formula is C16H17N3O3. The fraction of sp³-hybridized carbons (Fsp3) is 0.188. The topological polar surface area (TPSA) is 91.3 Å². The van der Waals surface area contributed by atoms with Crippen molar-refractivity contribution in [3.63, 3.8) is 0 Å². The molecule has 2 amide bonds. The van der Waals surface area contributed by atoms with Crippen LogP contribution in [-0.4, -0.2) is 22.0 Å². The molecule has 1 unspecified atom stereocenters. The van der Waals surface area contributed by atoms with Gasteiger partial charge in [0.2, 0.25) is 11.8 Å². The summed E-state index contributed by atoms with van der Waals surface area (Å²) in [6.07, 6.45) is 3.46. The summed E-state index contributed by atoms with van der Waals surface area (Å²) in [5.41, 5.74) is 3.13. The van der Waals surface area contributed by atoms with E-state index in [0.717, 1.165) is 5.56 Å². The Morgan fingerprint density at radius 2 is 1.77 bits per heavy atom. The van der Waals surface area contributed by atoms with Crippen molar-refractivity contribution in [2.45, 2.75) is 12.8 Å². The van der Waals surface area contributed by atoms with Crippen molar-refractivity contribution in [3.05, 3.63) is 60.4 Å². The van der Waals surface area contributed by atoms with Crippen LogP contribution in [0.2, 0.25) is 0 Å². The number of carbonyl (C=O) groups is 2. The number of nitrogens with one attached hydrogen (secondary N) is 2. The smallest absolute Gasteiger partial charge is 0.244 e. The van der Waals surface area contributed by atoms with E-state index in [9.17, 15) is 9.59 Å². The number of hydrogen-bond donors (Lipinski definition) is 3. The second kappa shape index (κ2) is 7.90. The summed E-state index contributed by atoms with van der Waals surface area (Å²) in [6, 6.07) is 12.8. The monoisotopic (exact) mass is 299 g/mol. The Balaban J connectivity index is 2.09. The summed E-state index contributed by atoms with van der Waals surface area (Å²) in [5, 5.41) is 11.4. The van der Waals surface area contributed by atoms with Crippen molar-refractivity contribution in [2.75, 3.05) is 5.32 Å². The molecule has 1 aromatic heterocycles. The average Bonchev–Trinajstić information content (AvgIpc) is 2.56. The molecule has 1 atom stereocenters. The van der Waals surface area contributed by atoms with Crippen LogP contribution in [0.1, 0.15) is 12.0 Å². The Morgan fingerprint density at radius 3 is 2.41 bits per heavy atom. The van der Waals surface area contributed by atoms with Crippen LogP contribution in [0.25, 0.3) is 0 Å². The van der Waals surface area contributed by atoms with Gasteiger partial charge in [0.05, 0.1) is 5.92 Å². The highest BCUT2D eigenvalue weighted by molar-refractivity contribution is 5.95. The van der Waals surface area contributed by atoms with E-state index in [1.165, 1.54) is 0 Å². The summed E-state index contributed by atoms with van der Waals surface area (Å²) >= 11 is 0. The van der Waals surface area contributed by atoms with Crippen molar-refractivity contribution in [2.24, 2.45) is 5.92 Å². The second-order valence-electron chi connectivity index (χ2n) is 4.85. The van der Waals surface area contributed by atoms with E-state index < -0.39 is 11.8 Å².